The van der Waals surface area contributed by atoms with Gasteiger partial charge in [0.05, 0.1) is 13.2 Å². The highest BCUT2D eigenvalue weighted by molar-refractivity contribution is 9.11. The zero-order valence-electron chi connectivity index (χ0n) is 9.77. The lowest BCUT2D eigenvalue weighted by Crippen LogP contribution is -2.00. The lowest BCUT2D eigenvalue weighted by atomic mass is 10.2. The van der Waals surface area contributed by atoms with Crippen LogP contribution in [0, 0.1) is 0 Å². The van der Waals surface area contributed by atoms with Crippen LogP contribution in [0.2, 0.25) is 0 Å². The Morgan fingerprint density at radius 1 is 1.00 bits per heavy atom. The van der Waals surface area contributed by atoms with Crippen molar-refractivity contribution in [2.75, 3.05) is 6.61 Å². The van der Waals surface area contributed by atoms with E-state index in [0.717, 1.165) is 15.4 Å². The van der Waals surface area contributed by atoms with Crippen LogP contribution in [-0.2, 0) is 17.8 Å². The quantitative estimate of drug-likeness (QED) is 0.729. The molecule has 0 spiro atoms. The Labute approximate surface area is 124 Å². The smallest absolute Gasteiger partial charge is 0.0717 e. The van der Waals surface area contributed by atoms with Crippen LogP contribution in [0.4, 0.5) is 0 Å². The van der Waals surface area contributed by atoms with Crippen LogP contribution in [0.5, 0.6) is 0 Å². The zero-order valence-corrected chi connectivity index (χ0v) is 12.9. The summed E-state index contributed by atoms with van der Waals surface area (Å²) in [7, 11) is 0. The average Bonchev–Trinajstić information content (AvgIpc) is 2.38. The van der Waals surface area contributed by atoms with E-state index in [9.17, 15) is 0 Å². The molecule has 2 nitrogen and oxygen atoms in total. The Balaban J connectivity index is 1.82. The maximum Gasteiger partial charge on any atom is 0.0717 e. The van der Waals surface area contributed by atoms with E-state index in [0.29, 0.717) is 13.2 Å². The third-order valence-electron chi connectivity index (χ3n) is 2.56. The molecule has 18 heavy (non-hydrogen) atoms. The first-order valence-corrected chi connectivity index (χ1v) is 7.25. The fraction of sp³-hybridized carbons (Fsp3) is 0.214. The van der Waals surface area contributed by atoms with Gasteiger partial charge in [0, 0.05) is 21.3 Å². The molecule has 0 radical (unpaired) electrons. The summed E-state index contributed by atoms with van der Waals surface area (Å²) in [6.45, 7) is 1.34. The van der Waals surface area contributed by atoms with Gasteiger partial charge in [-0.1, -0.05) is 30.3 Å². The molecular formula is C14H13Br2NO. The van der Waals surface area contributed by atoms with Crippen LogP contribution in [0.15, 0.2) is 51.7 Å². The highest BCUT2D eigenvalue weighted by Gasteiger charge is 2.05. The fourth-order valence-corrected chi connectivity index (χ4v) is 2.94. The molecule has 0 bridgehead atoms. The van der Waals surface area contributed by atoms with Gasteiger partial charge in [-0.3, -0.25) is 4.98 Å². The minimum absolute atomic E-state index is 0.654. The molecular weight excluding hydrogens is 358 g/mol. The third kappa shape index (κ3) is 3.90. The number of ether oxygens (including phenoxy) is 1. The first kappa shape index (κ1) is 13.7. The van der Waals surface area contributed by atoms with Gasteiger partial charge in [-0.05, 0) is 49.4 Å². The number of nitrogens with zero attached hydrogens (tertiary/aromatic N) is 1. The molecule has 0 saturated carbocycles. The van der Waals surface area contributed by atoms with Crippen molar-refractivity contribution in [1.29, 1.82) is 0 Å². The molecule has 0 aliphatic rings. The summed E-state index contributed by atoms with van der Waals surface area (Å²) < 4.78 is 7.70. The van der Waals surface area contributed by atoms with Gasteiger partial charge in [-0.15, -0.1) is 0 Å². The van der Waals surface area contributed by atoms with Crippen molar-refractivity contribution >= 4 is 31.9 Å². The molecule has 0 fully saturated rings. The second-order valence-electron chi connectivity index (χ2n) is 3.87. The van der Waals surface area contributed by atoms with Gasteiger partial charge in [0.2, 0.25) is 0 Å². The molecule has 1 aromatic heterocycles. The van der Waals surface area contributed by atoms with Crippen LogP contribution in [-0.4, -0.2) is 11.6 Å². The summed E-state index contributed by atoms with van der Waals surface area (Å²) >= 11 is 6.99. The topological polar surface area (TPSA) is 22.1 Å². The Hall–Kier alpha value is -0.710. The van der Waals surface area contributed by atoms with Crippen LogP contribution in [0.25, 0.3) is 0 Å². The second-order valence-corrected chi connectivity index (χ2v) is 5.58. The largest absolute Gasteiger partial charge is 0.376 e. The number of pyridine rings is 1. The minimum atomic E-state index is 0.654. The predicted octanol–water partition coefficient (Wildman–Crippen LogP) is 4.37. The third-order valence-corrected chi connectivity index (χ3v) is 3.93. The van der Waals surface area contributed by atoms with Gasteiger partial charge >= 0.3 is 0 Å². The molecule has 2 aromatic rings. The maximum absolute atomic E-state index is 5.67. The molecule has 0 atom stereocenters. The molecule has 0 amide bonds. The normalized spacial score (nSPS) is 10.6. The summed E-state index contributed by atoms with van der Waals surface area (Å²) in [5.74, 6) is 0. The van der Waals surface area contributed by atoms with E-state index >= 15 is 0 Å². The highest BCUT2D eigenvalue weighted by Crippen LogP contribution is 2.24. The van der Waals surface area contributed by atoms with Crippen LogP contribution < -0.4 is 0 Å². The molecule has 1 heterocycles. The average molecular weight is 371 g/mol. The summed E-state index contributed by atoms with van der Waals surface area (Å²) in [4.78, 5) is 4.09. The molecule has 0 N–H and O–H groups in total. The number of benzene rings is 1. The summed E-state index contributed by atoms with van der Waals surface area (Å²) in [5, 5.41) is 0. The Bertz CT molecular complexity index is 482. The molecule has 0 aliphatic heterocycles. The van der Waals surface area contributed by atoms with E-state index in [4.69, 9.17) is 4.74 Å². The van der Waals surface area contributed by atoms with E-state index < -0.39 is 0 Å². The number of aromatic nitrogens is 1. The van der Waals surface area contributed by atoms with Gasteiger partial charge in [-0.2, -0.15) is 0 Å². The SMILES string of the molecule is Brc1cncc(Br)c1CCOCc1ccccc1. The predicted molar refractivity (Wildman–Crippen MR) is 79.4 cm³/mol. The maximum atomic E-state index is 5.67. The first-order valence-electron chi connectivity index (χ1n) is 5.67. The lowest BCUT2D eigenvalue weighted by Gasteiger charge is -2.07. The zero-order chi connectivity index (χ0) is 12.8. The molecule has 0 saturated heterocycles. The lowest BCUT2D eigenvalue weighted by molar-refractivity contribution is 0.123. The van der Waals surface area contributed by atoms with Crippen LogP contribution in [0.1, 0.15) is 11.1 Å². The molecule has 94 valence electrons. The Kier molecular flexibility index (Phi) is 5.35. The number of hydrogen-bond donors (Lipinski definition) is 0. The van der Waals surface area contributed by atoms with Crippen LogP contribution in [0.3, 0.4) is 0 Å². The van der Waals surface area contributed by atoms with Gasteiger partial charge in [0.15, 0.2) is 0 Å². The monoisotopic (exact) mass is 369 g/mol. The van der Waals surface area contributed by atoms with E-state index in [1.54, 1.807) is 12.4 Å². The molecule has 0 aliphatic carbocycles. The van der Waals surface area contributed by atoms with Crippen molar-refractivity contribution in [1.82, 2.24) is 4.98 Å². The van der Waals surface area contributed by atoms with Crippen LogP contribution >= 0.6 is 31.9 Å². The summed E-state index contributed by atoms with van der Waals surface area (Å²) in [5.41, 5.74) is 2.39. The van der Waals surface area contributed by atoms with Gasteiger partial charge in [0.1, 0.15) is 0 Å². The first-order chi connectivity index (χ1) is 8.77. The summed E-state index contributed by atoms with van der Waals surface area (Å²) in [6, 6.07) is 10.2. The van der Waals surface area contributed by atoms with E-state index in [1.807, 2.05) is 18.2 Å². The highest BCUT2D eigenvalue weighted by atomic mass is 79.9. The number of halogens is 2. The van der Waals surface area contributed by atoms with Crippen molar-refractivity contribution in [3.8, 4) is 0 Å². The minimum Gasteiger partial charge on any atom is -0.376 e. The van der Waals surface area contributed by atoms with E-state index in [-0.39, 0.29) is 0 Å². The molecule has 2 rings (SSSR count). The molecule has 4 heteroatoms. The van der Waals surface area contributed by atoms with Gasteiger partial charge in [0.25, 0.3) is 0 Å². The van der Waals surface area contributed by atoms with Crippen molar-refractivity contribution < 1.29 is 4.74 Å². The van der Waals surface area contributed by atoms with E-state index in [1.165, 1.54) is 11.1 Å². The Morgan fingerprint density at radius 3 is 2.33 bits per heavy atom. The van der Waals surface area contributed by atoms with Crippen molar-refractivity contribution in [3.63, 3.8) is 0 Å². The number of rotatable bonds is 5. The molecule has 0 unspecified atom stereocenters. The van der Waals surface area contributed by atoms with Gasteiger partial charge in [-0.25, -0.2) is 0 Å². The second kappa shape index (κ2) is 7.02. The van der Waals surface area contributed by atoms with E-state index in [2.05, 4.69) is 49.0 Å². The van der Waals surface area contributed by atoms with Gasteiger partial charge < -0.3 is 4.74 Å². The van der Waals surface area contributed by atoms with Crippen molar-refractivity contribution in [3.05, 3.63) is 62.8 Å². The Morgan fingerprint density at radius 2 is 1.67 bits per heavy atom. The van der Waals surface area contributed by atoms with Crippen molar-refractivity contribution in [2.24, 2.45) is 0 Å². The summed E-state index contributed by atoms with van der Waals surface area (Å²) in [6.07, 6.45) is 4.46. The standard InChI is InChI=1S/C14H13Br2NO/c15-13-8-17-9-14(16)12(13)6-7-18-10-11-4-2-1-3-5-11/h1-5,8-9H,6-7,10H2. The number of hydrogen-bond acceptors (Lipinski definition) is 2. The fourth-order valence-electron chi connectivity index (χ4n) is 1.62. The van der Waals surface area contributed by atoms with Crippen molar-refractivity contribution in [2.45, 2.75) is 13.0 Å². The molecule has 1 aromatic carbocycles.